The van der Waals surface area contributed by atoms with Crippen molar-refractivity contribution in [2.75, 3.05) is 19.8 Å². The Labute approximate surface area is 187 Å². The lowest BCUT2D eigenvalue weighted by atomic mass is 9.99. The van der Waals surface area contributed by atoms with E-state index in [1.54, 1.807) is 0 Å². The van der Waals surface area contributed by atoms with E-state index in [0.717, 1.165) is 6.08 Å². The number of carbonyl (C=O) groups is 1. The number of aliphatic hydroxyl groups is 7. The molecule has 0 bridgehead atoms. The van der Waals surface area contributed by atoms with Gasteiger partial charge in [0.05, 0.1) is 13.2 Å². The van der Waals surface area contributed by atoms with Crippen LogP contribution in [0, 0.1) is 0 Å². The molecular formula is C20H28O13. The summed E-state index contributed by atoms with van der Waals surface area (Å²) in [6.45, 7) is -2.04. The summed E-state index contributed by atoms with van der Waals surface area (Å²) in [5.74, 6) is -1.58. The smallest absolute Gasteiger partial charge is 0.330 e. The Hall–Kier alpha value is -2.33. The monoisotopic (exact) mass is 476 g/mol. The summed E-state index contributed by atoms with van der Waals surface area (Å²) in [4.78, 5) is 11.9. The maximum Gasteiger partial charge on any atom is 0.330 e. The summed E-state index contributed by atoms with van der Waals surface area (Å²) < 4.78 is 15.3. The second kappa shape index (κ2) is 12.2. The van der Waals surface area contributed by atoms with Gasteiger partial charge in [-0.15, -0.1) is 0 Å². The molecule has 1 heterocycles. The highest BCUT2D eigenvalue weighted by Crippen LogP contribution is 2.25. The lowest BCUT2D eigenvalue weighted by Crippen LogP contribution is -2.60. The van der Waals surface area contributed by atoms with Crippen LogP contribution in [-0.4, -0.2) is 121 Å². The van der Waals surface area contributed by atoms with Gasteiger partial charge >= 0.3 is 5.97 Å². The zero-order chi connectivity index (χ0) is 24.7. The van der Waals surface area contributed by atoms with Crippen LogP contribution in [0.1, 0.15) is 5.56 Å². The summed E-state index contributed by atoms with van der Waals surface area (Å²) in [6.07, 6.45) is -10.9. The van der Waals surface area contributed by atoms with Crippen molar-refractivity contribution in [3.8, 4) is 11.5 Å². The molecule has 0 amide bonds. The van der Waals surface area contributed by atoms with Crippen LogP contribution in [0.25, 0.3) is 6.08 Å². The first kappa shape index (κ1) is 26.9. The van der Waals surface area contributed by atoms with Crippen LogP contribution in [0.3, 0.4) is 0 Å². The van der Waals surface area contributed by atoms with E-state index < -0.39 is 74.8 Å². The fraction of sp³-hybridized carbons (Fsp3) is 0.550. The van der Waals surface area contributed by atoms with E-state index >= 15 is 0 Å². The first-order valence-corrected chi connectivity index (χ1v) is 9.88. The molecule has 0 spiro atoms. The SMILES string of the molecule is O=C(C=Cc1ccc(O)c(O)c1)OC[C@@H]1O[C@@H](OC[C@H](O)[C@H](O)[C@H](O)CO)[C@@H](O)[C@@H](O)[C@@H]1O. The molecule has 186 valence electrons. The Kier molecular flexibility index (Phi) is 9.97. The Morgan fingerprint density at radius 3 is 2.36 bits per heavy atom. The van der Waals surface area contributed by atoms with E-state index in [1.807, 2.05) is 0 Å². The van der Waals surface area contributed by atoms with Crippen LogP contribution < -0.4 is 0 Å². The Morgan fingerprint density at radius 1 is 1.03 bits per heavy atom. The number of aromatic hydroxyl groups is 2. The van der Waals surface area contributed by atoms with Gasteiger partial charge in [0.15, 0.2) is 17.8 Å². The predicted octanol–water partition coefficient (Wildman–Crippen LogP) is -3.45. The molecule has 8 atom stereocenters. The van der Waals surface area contributed by atoms with Gasteiger partial charge in [0.1, 0.15) is 49.3 Å². The minimum Gasteiger partial charge on any atom is -0.504 e. The van der Waals surface area contributed by atoms with E-state index in [2.05, 4.69) is 0 Å². The third-order valence-corrected chi connectivity index (χ3v) is 4.88. The van der Waals surface area contributed by atoms with Crippen molar-refractivity contribution in [1.82, 2.24) is 0 Å². The normalized spacial score (nSPS) is 28.4. The molecule has 33 heavy (non-hydrogen) atoms. The van der Waals surface area contributed by atoms with Gasteiger partial charge in [-0.2, -0.15) is 0 Å². The van der Waals surface area contributed by atoms with Crippen molar-refractivity contribution in [3.05, 3.63) is 29.8 Å². The van der Waals surface area contributed by atoms with Crippen LogP contribution >= 0.6 is 0 Å². The molecule has 1 aromatic carbocycles. The summed E-state index contributed by atoms with van der Waals surface area (Å²) in [5, 5.41) is 86.3. The number of rotatable bonds is 10. The minimum absolute atomic E-state index is 0.331. The van der Waals surface area contributed by atoms with Gasteiger partial charge in [0, 0.05) is 6.08 Å². The predicted molar refractivity (Wildman–Crippen MR) is 108 cm³/mol. The first-order valence-electron chi connectivity index (χ1n) is 9.88. The van der Waals surface area contributed by atoms with Crippen molar-refractivity contribution in [1.29, 1.82) is 0 Å². The van der Waals surface area contributed by atoms with Crippen LogP contribution in [0.15, 0.2) is 24.3 Å². The minimum atomic E-state index is -1.76. The van der Waals surface area contributed by atoms with Gasteiger partial charge in [-0.05, 0) is 23.8 Å². The molecule has 0 aliphatic carbocycles. The number of benzene rings is 1. The van der Waals surface area contributed by atoms with Gasteiger partial charge in [-0.1, -0.05) is 6.07 Å². The summed E-state index contributed by atoms with van der Waals surface area (Å²) in [5.41, 5.74) is 0.385. The zero-order valence-corrected chi connectivity index (χ0v) is 17.3. The van der Waals surface area contributed by atoms with Gasteiger partial charge in [-0.25, -0.2) is 4.79 Å². The van der Waals surface area contributed by atoms with Crippen LogP contribution in [-0.2, 0) is 19.0 Å². The maximum absolute atomic E-state index is 11.9. The highest BCUT2D eigenvalue weighted by atomic mass is 16.7. The fourth-order valence-electron chi connectivity index (χ4n) is 2.87. The lowest BCUT2D eigenvalue weighted by molar-refractivity contribution is -0.307. The number of carbonyl (C=O) groups excluding carboxylic acids is 1. The third-order valence-electron chi connectivity index (χ3n) is 4.88. The molecule has 13 nitrogen and oxygen atoms in total. The maximum atomic E-state index is 11.9. The zero-order valence-electron chi connectivity index (χ0n) is 17.3. The van der Waals surface area contributed by atoms with E-state index in [-0.39, 0.29) is 11.5 Å². The molecule has 0 saturated carbocycles. The standard InChI is InChI=1S/C20H28O13/c21-6-12(24)16(27)13(25)7-32-20-19(30)18(29)17(28)14(33-20)8-31-15(26)4-2-9-1-3-10(22)11(23)5-9/h1-5,12-14,16-25,27-30H,6-8H2/t12-,13+,14+,16-,17-,18+,19+,20-/m1/s1. The molecule has 0 unspecified atom stereocenters. The molecule has 9 N–H and O–H groups in total. The second-order valence-electron chi connectivity index (χ2n) is 7.37. The van der Waals surface area contributed by atoms with E-state index in [9.17, 15) is 45.6 Å². The Balaban J connectivity index is 1.91. The average molecular weight is 476 g/mol. The van der Waals surface area contributed by atoms with Crippen molar-refractivity contribution in [3.63, 3.8) is 0 Å². The average Bonchev–Trinajstić information content (AvgIpc) is 2.80. The molecule has 1 saturated heterocycles. The fourth-order valence-corrected chi connectivity index (χ4v) is 2.87. The molecule has 1 fully saturated rings. The van der Waals surface area contributed by atoms with E-state index in [1.165, 1.54) is 24.3 Å². The summed E-state index contributed by atoms with van der Waals surface area (Å²) in [6, 6.07) is 3.86. The van der Waals surface area contributed by atoms with Gasteiger partial charge in [-0.3, -0.25) is 0 Å². The van der Waals surface area contributed by atoms with Crippen molar-refractivity contribution in [2.45, 2.75) is 49.0 Å². The quantitative estimate of drug-likeness (QED) is 0.0910. The third kappa shape index (κ3) is 7.33. The molecule has 1 aliphatic rings. The second-order valence-corrected chi connectivity index (χ2v) is 7.37. The van der Waals surface area contributed by atoms with E-state index in [4.69, 9.17) is 19.3 Å². The number of esters is 1. The first-order chi connectivity index (χ1) is 15.5. The topological polar surface area (TPSA) is 227 Å². The van der Waals surface area contributed by atoms with Crippen molar-refractivity contribution in [2.24, 2.45) is 0 Å². The Bertz CT molecular complexity index is 800. The van der Waals surface area contributed by atoms with Crippen LogP contribution in [0.5, 0.6) is 11.5 Å². The highest BCUT2D eigenvalue weighted by Gasteiger charge is 2.45. The molecule has 1 aromatic rings. The molecular weight excluding hydrogens is 448 g/mol. The van der Waals surface area contributed by atoms with Crippen LogP contribution in [0.2, 0.25) is 0 Å². The molecule has 0 aromatic heterocycles. The lowest BCUT2D eigenvalue weighted by Gasteiger charge is -2.40. The van der Waals surface area contributed by atoms with Gasteiger partial charge in [0.25, 0.3) is 0 Å². The summed E-state index contributed by atoms with van der Waals surface area (Å²) >= 11 is 0. The van der Waals surface area contributed by atoms with Crippen molar-refractivity contribution < 1.29 is 65.0 Å². The summed E-state index contributed by atoms with van der Waals surface area (Å²) in [7, 11) is 0. The highest BCUT2D eigenvalue weighted by molar-refractivity contribution is 5.87. The number of phenolic OH excluding ortho intramolecular Hbond substituents is 2. The molecule has 1 aliphatic heterocycles. The number of hydrogen-bond donors (Lipinski definition) is 9. The van der Waals surface area contributed by atoms with Crippen LogP contribution in [0.4, 0.5) is 0 Å². The van der Waals surface area contributed by atoms with Gasteiger partial charge < -0.3 is 60.2 Å². The number of hydrogen-bond acceptors (Lipinski definition) is 13. The van der Waals surface area contributed by atoms with Crippen molar-refractivity contribution >= 4 is 12.0 Å². The van der Waals surface area contributed by atoms with E-state index in [0.29, 0.717) is 5.56 Å². The molecule has 0 radical (unpaired) electrons. The number of ether oxygens (including phenoxy) is 3. The largest absolute Gasteiger partial charge is 0.504 e. The molecule has 13 heteroatoms. The van der Waals surface area contributed by atoms with Gasteiger partial charge in [0.2, 0.25) is 0 Å². The number of phenols is 2. The molecule has 2 rings (SSSR count). The number of aliphatic hydroxyl groups excluding tert-OH is 7. The Morgan fingerprint density at radius 2 is 1.73 bits per heavy atom.